The number of fused-ring (bicyclic) bond motifs is 1. The van der Waals surface area contributed by atoms with Crippen molar-refractivity contribution in [2.45, 2.75) is 12.5 Å². The maximum absolute atomic E-state index is 14.2. The number of carbonyl (C=O) groups excluding carboxylic acids is 1. The summed E-state index contributed by atoms with van der Waals surface area (Å²) in [7, 11) is 1.51. The van der Waals surface area contributed by atoms with E-state index in [0.717, 1.165) is 11.6 Å². The molecule has 1 aromatic carbocycles. The number of anilines is 2. The van der Waals surface area contributed by atoms with Crippen molar-refractivity contribution in [1.29, 1.82) is 0 Å². The van der Waals surface area contributed by atoms with Crippen LogP contribution in [0.5, 0.6) is 0 Å². The second kappa shape index (κ2) is 5.53. The van der Waals surface area contributed by atoms with Gasteiger partial charge in [-0.05, 0) is 17.7 Å². The molecule has 1 aliphatic heterocycles. The van der Waals surface area contributed by atoms with Crippen LogP contribution in [-0.2, 0) is 11.2 Å². The fourth-order valence-corrected chi connectivity index (χ4v) is 2.81. The van der Waals surface area contributed by atoms with Crippen LogP contribution in [0.25, 0.3) is 0 Å². The number of nitrogens with zero attached hydrogens (tertiary/aromatic N) is 2. The molecular formula is C15H12ClF2N3O. The van der Waals surface area contributed by atoms with Crippen LogP contribution in [0, 0.1) is 11.6 Å². The van der Waals surface area contributed by atoms with Gasteiger partial charge in [0.05, 0.1) is 10.7 Å². The van der Waals surface area contributed by atoms with E-state index in [1.165, 1.54) is 18.0 Å². The summed E-state index contributed by atoms with van der Waals surface area (Å²) in [5.41, 5.74) is 1.53. The Labute approximate surface area is 130 Å². The number of likely N-dealkylation sites (N-methyl/N-ethyl adjacent to an activating group) is 1. The Bertz CT molecular complexity index is 754. The van der Waals surface area contributed by atoms with Gasteiger partial charge >= 0.3 is 0 Å². The number of amides is 1. The molecule has 0 fully saturated rings. The van der Waals surface area contributed by atoms with Crippen molar-refractivity contribution >= 4 is 28.9 Å². The Hall–Kier alpha value is -2.21. The van der Waals surface area contributed by atoms with E-state index in [0.29, 0.717) is 12.1 Å². The first-order chi connectivity index (χ1) is 10.5. The minimum atomic E-state index is -0.839. The highest BCUT2D eigenvalue weighted by Crippen LogP contribution is 2.40. The van der Waals surface area contributed by atoms with E-state index < -0.39 is 17.7 Å². The normalized spacial score (nSPS) is 16.5. The first-order valence-corrected chi connectivity index (χ1v) is 6.99. The predicted octanol–water partition coefficient (Wildman–Crippen LogP) is 2.82. The summed E-state index contributed by atoms with van der Waals surface area (Å²) in [4.78, 5) is 17.7. The number of benzene rings is 1. The molecule has 4 nitrogen and oxygen atoms in total. The lowest BCUT2D eigenvalue weighted by molar-refractivity contribution is -0.121. The fraction of sp³-hybridized carbons (Fsp3) is 0.200. The van der Waals surface area contributed by atoms with Crippen molar-refractivity contribution in [2.24, 2.45) is 0 Å². The number of carbonyl (C=O) groups is 1. The SMILES string of the molecule is CNC(=O)C1Cc2cnccc2N1c1cc(Cl)c(F)cc1F. The van der Waals surface area contributed by atoms with Crippen molar-refractivity contribution in [1.82, 2.24) is 10.3 Å². The lowest BCUT2D eigenvalue weighted by Crippen LogP contribution is -2.42. The summed E-state index contributed by atoms with van der Waals surface area (Å²) in [6.07, 6.45) is 3.58. The second-order valence-corrected chi connectivity index (χ2v) is 5.33. The van der Waals surface area contributed by atoms with Crippen LogP contribution in [0.1, 0.15) is 5.56 Å². The van der Waals surface area contributed by atoms with E-state index >= 15 is 0 Å². The zero-order valence-electron chi connectivity index (χ0n) is 11.6. The summed E-state index contributed by atoms with van der Waals surface area (Å²) >= 11 is 5.77. The molecule has 22 heavy (non-hydrogen) atoms. The lowest BCUT2D eigenvalue weighted by atomic mass is 10.1. The van der Waals surface area contributed by atoms with Crippen LogP contribution in [0.3, 0.4) is 0 Å². The quantitative estimate of drug-likeness (QED) is 0.864. The summed E-state index contributed by atoms with van der Waals surface area (Å²) in [6, 6.07) is 2.96. The second-order valence-electron chi connectivity index (χ2n) is 4.93. The largest absolute Gasteiger partial charge is 0.357 e. The van der Waals surface area contributed by atoms with Gasteiger partial charge in [-0.15, -0.1) is 0 Å². The summed E-state index contributed by atoms with van der Waals surface area (Å²) in [5, 5.41) is 2.36. The molecule has 1 N–H and O–H groups in total. The van der Waals surface area contributed by atoms with Crippen molar-refractivity contribution in [3.8, 4) is 0 Å². The molecule has 0 radical (unpaired) electrons. The van der Waals surface area contributed by atoms with Crippen LogP contribution in [-0.4, -0.2) is 24.0 Å². The highest BCUT2D eigenvalue weighted by Gasteiger charge is 2.36. The van der Waals surface area contributed by atoms with E-state index in [1.807, 2.05) is 0 Å². The number of hydrogen-bond donors (Lipinski definition) is 1. The van der Waals surface area contributed by atoms with Gasteiger partial charge < -0.3 is 10.2 Å². The first-order valence-electron chi connectivity index (χ1n) is 6.61. The number of halogens is 3. The number of hydrogen-bond acceptors (Lipinski definition) is 3. The molecule has 1 amide bonds. The first kappa shape index (κ1) is 14.7. The van der Waals surface area contributed by atoms with Crippen LogP contribution >= 0.6 is 11.6 Å². The molecule has 7 heteroatoms. The highest BCUT2D eigenvalue weighted by molar-refractivity contribution is 6.31. The number of pyridine rings is 1. The maximum atomic E-state index is 14.2. The molecule has 1 unspecified atom stereocenters. The Morgan fingerprint density at radius 2 is 2.14 bits per heavy atom. The van der Waals surface area contributed by atoms with Gasteiger partial charge in [0.15, 0.2) is 0 Å². The maximum Gasteiger partial charge on any atom is 0.243 e. The van der Waals surface area contributed by atoms with Gasteiger partial charge in [0.25, 0.3) is 0 Å². The molecular weight excluding hydrogens is 312 g/mol. The minimum Gasteiger partial charge on any atom is -0.357 e. The van der Waals surface area contributed by atoms with E-state index in [-0.39, 0.29) is 16.6 Å². The zero-order valence-corrected chi connectivity index (χ0v) is 12.4. The van der Waals surface area contributed by atoms with Crippen LogP contribution < -0.4 is 10.2 Å². The average molecular weight is 324 g/mol. The number of rotatable bonds is 2. The van der Waals surface area contributed by atoms with E-state index in [4.69, 9.17) is 11.6 Å². The standard InChI is InChI=1S/C15H12ClF2N3O/c1-19-15(22)14-4-8-7-20-3-2-12(8)21(14)13-5-9(16)10(17)6-11(13)18/h2-3,5-7,14H,4H2,1H3,(H,19,22). The number of nitrogens with one attached hydrogen (secondary N) is 1. The molecule has 0 spiro atoms. The Morgan fingerprint density at radius 3 is 2.86 bits per heavy atom. The Morgan fingerprint density at radius 1 is 1.36 bits per heavy atom. The molecule has 3 rings (SSSR count). The molecule has 0 bridgehead atoms. The monoisotopic (exact) mass is 323 g/mol. The topological polar surface area (TPSA) is 45.2 Å². The van der Waals surface area contributed by atoms with Crippen LogP contribution in [0.2, 0.25) is 5.02 Å². The fourth-order valence-electron chi connectivity index (χ4n) is 2.65. The third-order valence-corrected chi connectivity index (χ3v) is 3.95. The Kier molecular flexibility index (Phi) is 3.70. The average Bonchev–Trinajstić information content (AvgIpc) is 2.89. The zero-order chi connectivity index (χ0) is 15.9. The highest BCUT2D eigenvalue weighted by atomic mass is 35.5. The van der Waals surface area contributed by atoms with Gasteiger partial charge in [-0.1, -0.05) is 11.6 Å². The summed E-state index contributed by atoms with van der Waals surface area (Å²) in [5.74, 6) is -1.88. The Balaban J connectivity index is 2.16. The van der Waals surface area contributed by atoms with E-state index in [9.17, 15) is 13.6 Å². The molecule has 1 atom stereocenters. The summed E-state index contributed by atoms with van der Waals surface area (Å²) < 4.78 is 27.6. The van der Waals surface area contributed by atoms with Crippen LogP contribution in [0.4, 0.5) is 20.2 Å². The molecule has 2 aromatic rings. The van der Waals surface area contributed by atoms with Gasteiger partial charge in [-0.25, -0.2) is 8.78 Å². The summed E-state index contributed by atoms with van der Waals surface area (Å²) in [6.45, 7) is 0. The molecule has 0 aliphatic carbocycles. The van der Waals surface area contributed by atoms with E-state index in [2.05, 4.69) is 10.3 Å². The third-order valence-electron chi connectivity index (χ3n) is 3.66. The third kappa shape index (κ3) is 2.29. The van der Waals surface area contributed by atoms with Crippen molar-refractivity contribution in [3.05, 3.63) is 52.8 Å². The van der Waals surface area contributed by atoms with E-state index in [1.54, 1.807) is 18.5 Å². The molecule has 0 saturated carbocycles. The van der Waals surface area contributed by atoms with Gasteiger partial charge in [-0.3, -0.25) is 9.78 Å². The van der Waals surface area contributed by atoms with Crippen LogP contribution in [0.15, 0.2) is 30.6 Å². The molecule has 114 valence electrons. The molecule has 2 heterocycles. The number of aromatic nitrogens is 1. The molecule has 0 saturated heterocycles. The van der Waals surface area contributed by atoms with Crippen molar-refractivity contribution in [3.63, 3.8) is 0 Å². The van der Waals surface area contributed by atoms with Gasteiger partial charge in [0, 0.05) is 37.6 Å². The smallest absolute Gasteiger partial charge is 0.243 e. The minimum absolute atomic E-state index is 0.0601. The van der Waals surface area contributed by atoms with Gasteiger partial charge in [0.2, 0.25) is 5.91 Å². The van der Waals surface area contributed by atoms with Crippen molar-refractivity contribution < 1.29 is 13.6 Å². The van der Waals surface area contributed by atoms with Gasteiger partial charge in [0.1, 0.15) is 17.7 Å². The van der Waals surface area contributed by atoms with Gasteiger partial charge in [-0.2, -0.15) is 0 Å². The molecule has 1 aliphatic rings. The molecule has 1 aromatic heterocycles. The predicted molar refractivity (Wildman–Crippen MR) is 79.3 cm³/mol. The lowest BCUT2D eigenvalue weighted by Gasteiger charge is -2.27. The van der Waals surface area contributed by atoms with Crippen molar-refractivity contribution in [2.75, 3.05) is 11.9 Å².